The Morgan fingerprint density at radius 1 is 1.04 bits per heavy atom. The number of benzene rings is 2. The van der Waals surface area contributed by atoms with Gasteiger partial charge in [0.05, 0.1) is 12.7 Å². The molecule has 3 aromatic rings. The van der Waals surface area contributed by atoms with Gasteiger partial charge >= 0.3 is 0 Å². The summed E-state index contributed by atoms with van der Waals surface area (Å²) < 4.78 is 2.18. The number of fused-ring (bicyclic) bond motifs is 1. The molecule has 0 unspecified atom stereocenters. The van der Waals surface area contributed by atoms with Gasteiger partial charge in [-0.1, -0.05) is 42.5 Å². The van der Waals surface area contributed by atoms with Crippen molar-refractivity contribution in [1.29, 1.82) is 0 Å². The van der Waals surface area contributed by atoms with E-state index < -0.39 is 0 Å². The fourth-order valence-electron chi connectivity index (χ4n) is 3.88. The third-order valence-electron chi connectivity index (χ3n) is 5.44. The molecule has 1 aromatic heterocycles. The van der Waals surface area contributed by atoms with Gasteiger partial charge in [0.2, 0.25) is 0 Å². The third kappa shape index (κ3) is 4.06. The van der Waals surface area contributed by atoms with Crippen LogP contribution in [0.1, 0.15) is 41.3 Å². The first-order chi connectivity index (χ1) is 13.2. The van der Waals surface area contributed by atoms with E-state index in [4.69, 9.17) is 5.10 Å². The van der Waals surface area contributed by atoms with Crippen molar-refractivity contribution >= 4 is 5.69 Å². The van der Waals surface area contributed by atoms with E-state index in [9.17, 15) is 0 Å². The Morgan fingerprint density at radius 2 is 1.81 bits per heavy atom. The van der Waals surface area contributed by atoms with E-state index in [0.717, 1.165) is 19.5 Å². The summed E-state index contributed by atoms with van der Waals surface area (Å²) >= 11 is 0. The van der Waals surface area contributed by atoms with Crippen LogP contribution in [0.2, 0.25) is 0 Å². The lowest BCUT2D eigenvalue weighted by Gasteiger charge is -2.24. The maximum Gasteiger partial charge on any atom is 0.0662 e. The number of aromatic nitrogens is 2. The van der Waals surface area contributed by atoms with E-state index in [1.54, 1.807) is 0 Å². The quantitative estimate of drug-likeness (QED) is 0.716. The van der Waals surface area contributed by atoms with Crippen LogP contribution in [-0.4, -0.2) is 23.9 Å². The van der Waals surface area contributed by atoms with E-state index in [2.05, 4.69) is 89.8 Å². The molecule has 1 aliphatic rings. The zero-order chi connectivity index (χ0) is 18.6. The maximum absolute atomic E-state index is 4.70. The second kappa shape index (κ2) is 7.97. The van der Waals surface area contributed by atoms with Crippen molar-refractivity contribution in [2.45, 2.75) is 38.4 Å². The van der Waals surface area contributed by atoms with Crippen LogP contribution in [0.15, 0.2) is 60.8 Å². The fraction of sp³-hybridized carbons (Fsp3) is 0.348. The van der Waals surface area contributed by atoms with Crippen molar-refractivity contribution in [2.24, 2.45) is 0 Å². The predicted molar refractivity (Wildman–Crippen MR) is 111 cm³/mol. The van der Waals surface area contributed by atoms with Gasteiger partial charge in [-0.25, -0.2) is 0 Å². The van der Waals surface area contributed by atoms with Crippen molar-refractivity contribution < 1.29 is 0 Å². The lowest BCUT2D eigenvalue weighted by molar-refractivity contribution is 0.449. The first-order valence-electron chi connectivity index (χ1n) is 9.79. The zero-order valence-electron chi connectivity index (χ0n) is 16.2. The van der Waals surface area contributed by atoms with Crippen molar-refractivity contribution in [3.05, 3.63) is 83.2 Å². The zero-order valence-corrected chi connectivity index (χ0v) is 16.2. The summed E-state index contributed by atoms with van der Waals surface area (Å²) in [6.07, 6.45) is 5.59. The monoisotopic (exact) mass is 360 g/mol. The molecular formula is C23H28N4. The molecule has 1 N–H and O–H groups in total. The largest absolute Gasteiger partial charge is 0.378 e. The molecule has 0 fully saturated rings. The highest BCUT2D eigenvalue weighted by molar-refractivity contribution is 5.46. The molecule has 1 atom stereocenters. The molecule has 27 heavy (non-hydrogen) atoms. The lowest BCUT2D eigenvalue weighted by atomic mass is 9.92. The Bertz CT molecular complexity index is 865. The van der Waals surface area contributed by atoms with E-state index in [0.29, 0.717) is 6.04 Å². The van der Waals surface area contributed by atoms with Crippen molar-refractivity contribution in [2.75, 3.05) is 19.0 Å². The molecule has 0 aliphatic heterocycles. The van der Waals surface area contributed by atoms with Crippen LogP contribution in [0.5, 0.6) is 0 Å². The van der Waals surface area contributed by atoms with Crippen molar-refractivity contribution in [1.82, 2.24) is 15.1 Å². The number of hydrogen-bond acceptors (Lipinski definition) is 3. The molecule has 4 heteroatoms. The summed E-state index contributed by atoms with van der Waals surface area (Å²) in [5.74, 6) is 0. The van der Waals surface area contributed by atoms with E-state index in [1.807, 2.05) is 0 Å². The molecule has 0 radical (unpaired) electrons. The molecular weight excluding hydrogens is 332 g/mol. The first kappa shape index (κ1) is 17.8. The van der Waals surface area contributed by atoms with Gasteiger partial charge in [-0.05, 0) is 42.5 Å². The average Bonchev–Trinajstić information content (AvgIpc) is 3.11. The lowest BCUT2D eigenvalue weighted by Crippen LogP contribution is -2.25. The Balaban J connectivity index is 1.44. The Hall–Kier alpha value is -2.59. The number of hydrogen-bond donors (Lipinski definition) is 1. The molecule has 0 saturated carbocycles. The molecule has 4 nitrogen and oxygen atoms in total. The minimum absolute atomic E-state index is 0.395. The minimum atomic E-state index is 0.395. The number of anilines is 1. The highest BCUT2D eigenvalue weighted by atomic mass is 15.3. The third-order valence-corrected chi connectivity index (χ3v) is 5.44. The van der Waals surface area contributed by atoms with Gasteiger partial charge < -0.3 is 10.2 Å². The summed E-state index contributed by atoms with van der Waals surface area (Å²) in [5, 5.41) is 8.45. The second-order valence-electron chi connectivity index (χ2n) is 7.58. The normalized spacial score (nSPS) is 16.1. The Labute approximate surface area is 161 Å². The molecule has 0 amide bonds. The maximum atomic E-state index is 4.70. The van der Waals surface area contributed by atoms with Crippen LogP contribution in [-0.2, 0) is 19.5 Å². The fourth-order valence-corrected chi connectivity index (χ4v) is 3.88. The van der Waals surface area contributed by atoms with Gasteiger partial charge in [-0.15, -0.1) is 0 Å². The smallest absolute Gasteiger partial charge is 0.0662 e. The van der Waals surface area contributed by atoms with Crippen molar-refractivity contribution in [3.8, 4) is 0 Å². The standard InChI is InChI=1S/C23H28N4/c1-26(2)20-13-11-18(12-14-20)15-24-22-9-6-10-23-21(22)16-25-27(23)17-19-7-4-3-5-8-19/h3-5,7-8,11-14,16,22,24H,6,9-10,15,17H2,1-2H3/t22-/m0/s1. The van der Waals surface area contributed by atoms with E-state index >= 15 is 0 Å². The van der Waals surface area contributed by atoms with Crippen LogP contribution in [0.3, 0.4) is 0 Å². The highest BCUT2D eigenvalue weighted by Gasteiger charge is 2.23. The van der Waals surface area contributed by atoms with Crippen LogP contribution in [0.4, 0.5) is 5.69 Å². The second-order valence-corrected chi connectivity index (χ2v) is 7.58. The Morgan fingerprint density at radius 3 is 2.56 bits per heavy atom. The van der Waals surface area contributed by atoms with Gasteiger partial charge in [0.25, 0.3) is 0 Å². The van der Waals surface area contributed by atoms with Crippen LogP contribution in [0.25, 0.3) is 0 Å². The van der Waals surface area contributed by atoms with Gasteiger partial charge in [-0.2, -0.15) is 5.10 Å². The van der Waals surface area contributed by atoms with Gasteiger partial charge in [0.15, 0.2) is 0 Å². The van der Waals surface area contributed by atoms with E-state index in [-0.39, 0.29) is 0 Å². The van der Waals surface area contributed by atoms with Crippen LogP contribution in [0, 0.1) is 0 Å². The summed E-state index contributed by atoms with van der Waals surface area (Å²) in [4.78, 5) is 2.13. The summed E-state index contributed by atoms with van der Waals surface area (Å²) in [6, 6.07) is 19.8. The average molecular weight is 361 g/mol. The molecule has 0 spiro atoms. The molecule has 0 bridgehead atoms. The molecule has 1 aliphatic carbocycles. The number of nitrogens with one attached hydrogen (secondary N) is 1. The molecule has 4 rings (SSSR count). The van der Waals surface area contributed by atoms with Crippen LogP contribution >= 0.6 is 0 Å². The molecule has 140 valence electrons. The van der Waals surface area contributed by atoms with Gasteiger partial charge in [0, 0.05) is 43.6 Å². The first-order valence-corrected chi connectivity index (χ1v) is 9.79. The molecule has 1 heterocycles. The van der Waals surface area contributed by atoms with Crippen molar-refractivity contribution in [3.63, 3.8) is 0 Å². The highest BCUT2D eigenvalue weighted by Crippen LogP contribution is 2.30. The molecule has 2 aromatic carbocycles. The topological polar surface area (TPSA) is 33.1 Å². The SMILES string of the molecule is CN(C)c1ccc(CN[C@H]2CCCc3c2cnn3Cc2ccccc2)cc1. The summed E-state index contributed by atoms with van der Waals surface area (Å²) in [5.41, 5.74) is 6.64. The predicted octanol–water partition coefficient (Wildman–Crippen LogP) is 4.16. The number of rotatable bonds is 6. The molecule has 0 saturated heterocycles. The van der Waals surface area contributed by atoms with Crippen LogP contribution < -0.4 is 10.2 Å². The minimum Gasteiger partial charge on any atom is -0.378 e. The van der Waals surface area contributed by atoms with Gasteiger partial charge in [-0.3, -0.25) is 4.68 Å². The Kier molecular flexibility index (Phi) is 5.26. The summed E-state index contributed by atoms with van der Waals surface area (Å²) in [7, 11) is 4.15. The number of nitrogens with zero attached hydrogens (tertiary/aromatic N) is 3. The summed E-state index contributed by atoms with van der Waals surface area (Å²) in [6.45, 7) is 1.75. The van der Waals surface area contributed by atoms with E-state index in [1.165, 1.54) is 40.9 Å². The van der Waals surface area contributed by atoms with Gasteiger partial charge in [0.1, 0.15) is 0 Å².